The average molecular weight is 264 g/mol. The molecule has 0 radical (unpaired) electrons. The fourth-order valence-electron chi connectivity index (χ4n) is 2.03. The lowest BCUT2D eigenvalue weighted by Crippen LogP contribution is -2.17. The number of pyridine rings is 1. The van der Waals surface area contributed by atoms with Crippen molar-refractivity contribution in [2.24, 2.45) is 0 Å². The maximum atomic E-state index is 5.72. The predicted molar refractivity (Wildman–Crippen MR) is 81.8 cm³/mol. The van der Waals surface area contributed by atoms with Crippen LogP contribution in [0.2, 0.25) is 0 Å². The van der Waals surface area contributed by atoms with Crippen LogP contribution in [0.5, 0.6) is 5.88 Å². The molecule has 1 atom stereocenters. The molecule has 0 fully saturated rings. The summed E-state index contributed by atoms with van der Waals surface area (Å²) in [6.07, 6.45) is 8.34. The fraction of sp³-hybridized carbons (Fsp3) is 0.688. The molecule has 0 amide bonds. The third-order valence-corrected chi connectivity index (χ3v) is 3.01. The van der Waals surface area contributed by atoms with Gasteiger partial charge in [-0.1, -0.05) is 32.6 Å². The Morgan fingerprint density at radius 3 is 2.68 bits per heavy atom. The Bertz CT molecular complexity index is 352. The summed E-state index contributed by atoms with van der Waals surface area (Å²) in [5.41, 5.74) is 0.999. The van der Waals surface area contributed by atoms with Gasteiger partial charge in [0.25, 0.3) is 0 Å². The van der Waals surface area contributed by atoms with E-state index in [0.29, 0.717) is 11.9 Å². The topological polar surface area (TPSA) is 34.2 Å². The van der Waals surface area contributed by atoms with E-state index >= 15 is 0 Å². The maximum Gasteiger partial charge on any atom is 0.237 e. The molecule has 0 aliphatic heterocycles. The summed E-state index contributed by atoms with van der Waals surface area (Å²) in [5, 5.41) is 3.51. The number of aromatic nitrogens is 1. The number of ether oxygens (including phenoxy) is 1. The Morgan fingerprint density at radius 1 is 1.21 bits per heavy atom. The van der Waals surface area contributed by atoms with E-state index in [4.69, 9.17) is 4.74 Å². The van der Waals surface area contributed by atoms with Crippen LogP contribution in [0.3, 0.4) is 0 Å². The number of anilines is 1. The van der Waals surface area contributed by atoms with Gasteiger partial charge in [0.15, 0.2) is 0 Å². The van der Waals surface area contributed by atoms with Crippen LogP contribution in [0.25, 0.3) is 0 Å². The lowest BCUT2D eigenvalue weighted by atomic mass is 10.1. The highest BCUT2D eigenvalue weighted by atomic mass is 16.5. The summed E-state index contributed by atoms with van der Waals surface area (Å²) in [5.74, 6) is 0.706. The van der Waals surface area contributed by atoms with Crippen molar-refractivity contribution >= 4 is 5.69 Å². The summed E-state index contributed by atoms with van der Waals surface area (Å²) < 4.78 is 5.72. The number of rotatable bonds is 9. The number of hydrogen-bond acceptors (Lipinski definition) is 3. The van der Waals surface area contributed by atoms with Crippen LogP contribution in [-0.4, -0.2) is 17.1 Å². The van der Waals surface area contributed by atoms with Gasteiger partial charge >= 0.3 is 0 Å². The summed E-state index contributed by atoms with van der Waals surface area (Å²) in [7, 11) is 0. The second-order valence-corrected chi connectivity index (χ2v) is 5.42. The zero-order valence-corrected chi connectivity index (χ0v) is 12.8. The van der Waals surface area contributed by atoms with Crippen LogP contribution in [0.15, 0.2) is 18.3 Å². The molecule has 1 N–H and O–H groups in total. The van der Waals surface area contributed by atoms with Crippen molar-refractivity contribution in [3.63, 3.8) is 0 Å². The molecule has 0 spiro atoms. The van der Waals surface area contributed by atoms with Gasteiger partial charge in [-0.15, -0.1) is 0 Å². The third-order valence-electron chi connectivity index (χ3n) is 3.01. The minimum Gasteiger partial charge on any atom is -0.473 e. The molecular formula is C16H28N2O. The smallest absolute Gasteiger partial charge is 0.237 e. The second-order valence-electron chi connectivity index (χ2n) is 5.42. The molecule has 108 valence electrons. The van der Waals surface area contributed by atoms with Gasteiger partial charge in [0, 0.05) is 12.2 Å². The molecule has 0 aromatic carbocycles. The Morgan fingerprint density at radius 2 is 2.00 bits per heavy atom. The minimum atomic E-state index is 0.148. The fourth-order valence-corrected chi connectivity index (χ4v) is 2.03. The molecule has 1 rings (SSSR count). The highest BCUT2D eigenvalue weighted by Crippen LogP contribution is 2.23. The van der Waals surface area contributed by atoms with Gasteiger partial charge in [-0.05, 0) is 39.3 Å². The van der Waals surface area contributed by atoms with E-state index < -0.39 is 0 Å². The van der Waals surface area contributed by atoms with Crippen LogP contribution in [0.4, 0.5) is 5.69 Å². The van der Waals surface area contributed by atoms with E-state index in [1.807, 2.05) is 26.0 Å². The first-order valence-electron chi connectivity index (χ1n) is 7.51. The van der Waals surface area contributed by atoms with Gasteiger partial charge in [-0.3, -0.25) is 0 Å². The Kier molecular flexibility index (Phi) is 7.31. The third kappa shape index (κ3) is 6.46. The average Bonchev–Trinajstić information content (AvgIpc) is 2.36. The van der Waals surface area contributed by atoms with Crippen molar-refractivity contribution in [2.75, 3.05) is 5.32 Å². The largest absolute Gasteiger partial charge is 0.473 e. The van der Waals surface area contributed by atoms with E-state index in [2.05, 4.69) is 24.1 Å². The van der Waals surface area contributed by atoms with Gasteiger partial charge in [-0.25, -0.2) is 4.98 Å². The van der Waals surface area contributed by atoms with Crippen LogP contribution in [-0.2, 0) is 0 Å². The number of nitrogens with one attached hydrogen (secondary N) is 1. The molecule has 1 aromatic rings. The van der Waals surface area contributed by atoms with Crippen molar-refractivity contribution in [1.29, 1.82) is 0 Å². The number of nitrogens with zero attached hydrogens (tertiary/aromatic N) is 1. The summed E-state index contributed by atoms with van der Waals surface area (Å²) >= 11 is 0. The lowest BCUT2D eigenvalue weighted by molar-refractivity contribution is 0.234. The van der Waals surface area contributed by atoms with Gasteiger partial charge in [-0.2, -0.15) is 0 Å². The summed E-state index contributed by atoms with van der Waals surface area (Å²) in [4.78, 5) is 4.30. The van der Waals surface area contributed by atoms with E-state index in [0.717, 1.165) is 5.69 Å². The summed E-state index contributed by atoms with van der Waals surface area (Å²) in [6, 6.07) is 4.43. The van der Waals surface area contributed by atoms with Crippen LogP contribution in [0, 0.1) is 0 Å². The molecule has 0 aliphatic carbocycles. The zero-order chi connectivity index (χ0) is 14.1. The molecule has 0 aliphatic rings. The SMILES string of the molecule is CCCCCCC(C)Nc1cccnc1OC(C)C. The Balaban J connectivity index is 2.46. The quantitative estimate of drug-likeness (QED) is 0.660. The number of unbranched alkanes of at least 4 members (excludes halogenated alkanes) is 3. The van der Waals surface area contributed by atoms with E-state index in [1.165, 1.54) is 32.1 Å². The van der Waals surface area contributed by atoms with Crippen molar-refractivity contribution in [3.8, 4) is 5.88 Å². The highest BCUT2D eigenvalue weighted by Gasteiger charge is 2.09. The first-order valence-corrected chi connectivity index (χ1v) is 7.51. The lowest BCUT2D eigenvalue weighted by Gasteiger charge is -2.18. The maximum absolute atomic E-state index is 5.72. The molecule has 1 unspecified atom stereocenters. The van der Waals surface area contributed by atoms with Crippen molar-refractivity contribution < 1.29 is 4.74 Å². The van der Waals surface area contributed by atoms with E-state index in [-0.39, 0.29) is 6.10 Å². The first-order chi connectivity index (χ1) is 9.13. The molecule has 0 bridgehead atoms. The number of hydrogen-bond donors (Lipinski definition) is 1. The van der Waals surface area contributed by atoms with Gasteiger partial charge < -0.3 is 10.1 Å². The monoisotopic (exact) mass is 264 g/mol. The second kappa shape index (κ2) is 8.78. The molecule has 1 heterocycles. The molecule has 0 saturated heterocycles. The van der Waals surface area contributed by atoms with Crippen LogP contribution < -0.4 is 10.1 Å². The van der Waals surface area contributed by atoms with Crippen LogP contribution in [0.1, 0.15) is 59.8 Å². The molecule has 1 aromatic heterocycles. The van der Waals surface area contributed by atoms with Crippen molar-refractivity contribution in [3.05, 3.63) is 18.3 Å². The summed E-state index contributed by atoms with van der Waals surface area (Å²) in [6.45, 7) is 8.50. The van der Waals surface area contributed by atoms with E-state index in [1.54, 1.807) is 6.20 Å². The molecule has 0 saturated carbocycles. The predicted octanol–water partition coefficient (Wildman–Crippen LogP) is 4.64. The molecule has 3 heteroatoms. The molecular weight excluding hydrogens is 236 g/mol. The Hall–Kier alpha value is -1.25. The van der Waals surface area contributed by atoms with Gasteiger partial charge in [0.05, 0.1) is 11.8 Å². The van der Waals surface area contributed by atoms with E-state index in [9.17, 15) is 0 Å². The standard InChI is InChI=1S/C16H28N2O/c1-5-6-7-8-10-14(4)18-15-11-9-12-17-16(15)19-13(2)3/h9,11-14,18H,5-8,10H2,1-4H3. The molecule has 3 nitrogen and oxygen atoms in total. The van der Waals surface area contributed by atoms with Gasteiger partial charge in [0.2, 0.25) is 5.88 Å². The Labute approximate surface area is 117 Å². The van der Waals surface area contributed by atoms with Gasteiger partial charge in [0.1, 0.15) is 0 Å². The van der Waals surface area contributed by atoms with Crippen LogP contribution >= 0.6 is 0 Å². The zero-order valence-electron chi connectivity index (χ0n) is 12.8. The van der Waals surface area contributed by atoms with Crippen molar-refractivity contribution in [2.45, 2.75) is 71.9 Å². The minimum absolute atomic E-state index is 0.148. The first kappa shape index (κ1) is 15.8. The van der Waals surface area contributed by atoms with Crippen molar-refractivity contribution in [1.82, 2.24) is 4.98 Å². The normalized spacial score (nSPS) is 12.5. The highest BCUT2D eigenvalue weighted by molar-refractivity contribution is 5.52. The molecule has 19 heavy (non-hydrogen) atoms.